The van der Waals surface area contributed by atoms with E-state index in [1.807, 2.05) is 0 Å². The number of nitrogens with one attached hydrogen (secondary N) is 1. The summed E-state index contributed by atoms with van der Waals surface area (Å²) >= 11 is 0. The zero-order valence-electron chi connectivity index (χ0n) is 10.4. The van der Waals surface area contributed by atoms with Gasteiger partial charge in [0.15, 0.2) is 0 Å². The number of ether oxygens (including phenoxy) is 2. The summed E-state index contributed by atoms with van der Waals surface area (Å²) in [6.07, 6.45) is 2.08. The first-order chi connectivity index (χ1) is 8.70. The van der Waals surface area contributed by atoms with Gasteiger partial charge in [-0.25, -0.2) is 0 Å². The first kappa shape index (κ1) is 12.7. The summed E-state index contributed by atoms with van der Waals surface area (Å²) < 4.78 is 10.7. The van der Waals surface area contributed by atoms with E-state index in [0.717, 1.165) is 25.1 Å². The molecule has 1 aromatic carbocycles. The summed E-state index contributed by atoms with van der Waals surface area (Å²) in [5, 5.41) is 3.34. The zero-order valence-corrected chi connectivity index (χ0v) is 10.4. The highest BCUT2D eigenvalue weighted by Crippen LogP contribution is 2.27. The molecule has 0 aromatic heterocycles. The number of hydrogen-bond donors (Lipinski definition) is 2. The Morgan fingerprint density at radius 3 is 3.00 bits per heavy atom. The summed E-state index contributed by atoms with van der Waals surface area (Å²) in [6.45, 7) is 1.49. The standard InChI is InChI=1S/C13H18N2O3/c1-17-12-5-4-9(13(14)16)7-11(12)15-10-3-2-6-18-8-10/h4-5,7,10,15H,2-3,6,8H2,1H3,(H2,14,16). The lowest BCUT2D eigenvalue weighted by Gasteiger charge is -2.25. The van der Waals surface area contributed by atoms with Crippen molar-refractivity contribution in [3.8, 4) is 5.75 Å². The molecule has 1 aliphatic heterocycles. The number of anilines is 1. The van der Waals surface area contributed by atoms with Crippen LogP contribution in [-0.2, 0) is 4.74 Å². The van der Waals surface area contributed by atoms with Gasteiger partial charge in [0.2, 0.25) is 5.91 Å². The predicted octanol–water partition coefficient (Wildman–Crippen LogP) is 1.39. The molecule has 0 radical (unpaired) electrons. The van der Waals surface area contributed by atoms with Crippen molar-refractivity contribution in [1.82, 2.24) is 0 Å². The van der Waals surface area contributed by atoms with Gasteiger partial charge in [-0.15, -0.1) is 0 Å². The highest BCUT2D eigenvalue weighted by Gasteiger charge is 2.16. The van der Waals surface area contributed by atoms with Gasteiger partial charge >= 0.3 is 0 Å². The first-order valence-electron chi connectivity index (χ1n) is 6.03. The van der Waals surface area contributed by atoms with Crippen LogP contribution in [0.2, 0.25) is 0 Å². The molecule has 0 aliphatic carbocycles. The van der Waals surface area contributed by atoms with E-state index in [2.05, 4.69) is 5.32 Å². The van der Waals surface area contributed by atoms with E-state index in [-0.39, 0.29) is 6.04 Å². The van der Waals surface area contributed by atoms with Crippen LogP contribution in [0.1, 0.15) is 23.2 Å². The number of hydrogen-bond acceptors (Lipinski definition) is 4. The Balaban J connectivity index is 2.17. The number of methoxy groups -OCH3 is 1. The minimum atomic E-state index is -0.444. The Hall–Kier alpha value is -1.75. The molecule has 0 spiro atoms. The van der Waals surface area contributed by atoms with Crippen LogP contribution in [0, 0.1) is 0 Å². The van der Waals surface area contributed by atoms with Gasteiger partial charge in [-0.05, 0) is 31.0 Å². The molecular formula is C13H18N2O3. The van der Waals surface area contributed by atoms with Crippen molar-refractivity contribution in [3.63, 3.8) is 0 Å². The van der Waals surface area contributed by atoms with Crippen LogP contribution in [0.15, 0.2) is 18.2 Å². The number of benzene rings is 1. The molecule has 1 heterocycles. The van der Waals surface area contributed by atoms with Crippen molar-refractivity contribution >= 4 is 11.6 Å². The Morgan fingerprint density at radius 1 is 1.56 bits per heavy atom. The molecule has 1 fully saturated rings. The van der Waals surface area contributed by atoms with Crippen LogP contribution in [0.4, 0.5) is 5.69 Å². The topological polar surface area (TPSA) is 73.6 Å². The molecule has 98 valence electrons. The van der Waals surface area contributed by atoms with Crippen molar-refractivity contribution in [1.29, 1.82) is 0 Å². The van der Waals surface area contributed by atoms with Gasteiger partial charge in [-0.2, -0.15) is 0 Å². The van der Waals surface area contributed by atoms with E-state index in [0.29, 0.717) is 17.9 Å². The van der Waals surface area contributed by atoms with Crippen LogP contribution in [0.5, 0.6) is 5.75 Å². The summed E-state index contributed by atoms with van der Waals surface area (Å²) in [5.74, 6) is 0.256. The Morgan fingerprint density at radius 2 is 2.39 bits per heavy atom. The highest BCUT2D eigenvalue weighted by atomic mass is 16.5. The molecule has 1 amide bonds. The molecule has 1 unspecified atom stereocenters. The number of rotatable bonds is 4. The summed E-state index contributed by atoms with van der Waals surface area (Å²) in [6, 6.07) is 5.36. The van der Waals surface area contributed by atoms with Gasteiger partial charge in [0.25, 0.3) is 0 Å². The minimum Gasteiger partial charge on any atom is -0.495 e. The fourth-order valence-corrected chi connectivity index (χ4v) is 2.05. The quantitative estimate of drug-likeness (QED) is 0.846. The predicted molar refractivity (Wildman–Crippen MR) is 69.0 cm³/mol. The second-order valence-electron chi connectivity index (χ2n) is 4.34. The Kier molecular flexibility index (Phi) is 4.04. The Labute approximate surface area is 106 Å². The molecule has 5 heteroatoms. The lowest BCUT2D eigenvalue weighted by molar-refractivity contribution is 0.0875. The van der Waals surface area contributed by atoms with E-state index < -0.39 is 5.91 Å². The summed E-state index contributed by atoms with van der Waals surface area (Å²) in [7, 11) is 1.60. The normalized spacial score (nSPS) is 19.3. The van der Waals surface area contributed by atoms with Gasteiger partial charge in [0.05, 0.1) is 19.4 Å². The average Bonchev–Trinajstić information content (AvgIpc) is 2.39. The smallest absolute Gasteiger partial charge is 0.248 e. The molecule has 0 saturated carbocycles. The van der Waals surface area contributed by atoms with Gasteiger partial charge in [0.1, 0.15) is 5.75 Å². The Bertz CT molecular complexity index is 428. The minimum absolute atomic E-state index is 0.246. The third kappa shape index (κ3) is 2.92. The maximum Gasteiger partial charge on any atom is 0.248 e. The highest BCUT2D eigenvalue weighted by molar-refractivity contribution is 5.94. The SMILES string of the molecule is COc1ccc(C(N)=O)cc1NC1CCCOC1. The van der Waals surface area contributed by atoms with Gasteiger partial charge in [-0.1, -0.05) is 0 Å². The maximum absolute atomic E-state index is 11.2. The fraction of sp³-hybridized carbons (Fsp3) is 0.462. The van der Waals surface area contributed by atoms with Gasteiger partial charge < -0.3 is 20.5 Å². The maximum atomic E-state index is 11.2. The number of nitrogens with two attached hydrogens (primary N) is 1. The molecule has 3 N–H and O–H groups in total. The second-order valence-corrected chi connectivity index (χ2v) is 4.34. The van der Waals surface area contributed by atoms with E-state index in [9.17, 15) is 4.79 Å². The van der Waals surface area contributed by atoms with Crippen molar-refractivity contribution in [2.75, 3.05) is 25.6 Å². The lowest BCUT2D eigenvalue weighted by atomic mass is 10.1. The number of carbonyl (C=O) groups is 1. The molecule has 1 aromatic rings. The third-order valence-corrected chi connectivity index (χ3v) is 3.00. The van der Waals surface area contributed by atoms with Crippen molar-refractivity contribution < 1.29 is 14.3 Å². The monoisotopic (exact) mass is 250 g/mol. The molecule has 2 rings (SSSR count). The molecule has 0 bridgehead atoms. The largest absolute Gasteiger partial charge is 0.495 e. The number of primary amides is 1. The summed E-state index contributed by atoms with van der Waals surface area (Å²) in [5.41, 5.74) is 6.52. The van der Waals surface area contributed by atoms with E-state index in [4.69, 9.17) is 15.2 Å². The summed E-state index contributed by atoms with van der Waals surface area (Å²) in [4.78, 5) is 11.2. The third-order valence-electron chi connectivity index (χ3n) is 3.00. The number of carbonyl (C=O) groups excluding carboxylic acids is 1. The molecule has 1 aliphatic rings. The van der Waals surface area contributed by atoms with Crippen molar-refractivity contribution in [2.45, 2.75) is 18.9 Å². The molecule has 1 atom stereocenters. The van der Waals surface area contributed by atoms with Crippen LogP contribution in [-0.4, -0.2) is 32.3 Å². The van der Waals surface area contributed by atoms with E-state index >= 15 is 0 Å². The van der Waals surface area contributed by atoms with Crippen molar-refractivity contribution in [2.24, 2.45) is 5.73 Å². The van der Waals surface area contributed by atoms with E-state index in [1.165, 1.54) is 0 Å². The molecular weight excluding hydrogens is 232 g/mol. The molecule has 5 nitrogen and oxygen atoms in total. The zero-order chi connectivity index (χ0) is 13.0. The first-order valence-corrected chi connectivity index (χ1v) is 6.03. The van der Waals surface area contributed by atoms with Crippen LogP contribution in [0.3, 0.4) is 0 Å². The fourth-order valence-electron chi connectivity index (χ4n) is 2.05. The van der Waals surface area contributed by atoms with E-state index in [1.54, 1.807) is 25.3 Å². The van der Waals surface area contributed by atoms with Crippen LogP contribution in [0.25, 0.3) is 0 Å². The van der Waals surface area contributed by atoms with Gasteiger partial charge in [-0.3, -0.25) is 4.79 Å². The average molecular weight is 250 g/mol. The van der Waals surface area contributed by atoms with Crippen molar-refractivity contribution in [3.05, 3.63) is 23.8 Å². The van der Waals surface area contributed by atoms with Gasteiger partial charge in [0, 0.05) is 18.2 Å². The molecule has 18 heavy (non-hydrogen) atoms. The molecule has 1 saturated heterocycles. The lowest BCUT2D eigenvalue weighted by Crippen LogP contribution is -2.30. The number of amides is 1. The van der Waals surface area contributed by atoms with Crippen LogP contribution < -0.4 is 15.8 Å². The second kappa shape index (κ2) is 5.73. The van der Waals surface area contributed by atoms with Crippen LogP contribution >= 0.6 is 0 Å².